The predicted octanol–water partition coefficient (Wildman–Crippen LogP) is 4.41. The van der Waals surface area contributed by atoms with Crippen LogP contribution < -0.4 is 28.4 Å². The van der Waals surface area contributed by atoms with Crippen LogP contribution in [0, 0.1) is 0 Å². The molecule has 6 nitrogen and oxygen atoms in total. The van der Waals surface area contributed by atoms with E-state index in [9.17, 15) is 0 Å². The van der Waals surface area contributed by atoms with Crippen LogP contribution >= 0.6 is 0 Å². The SMILES string of the molecule is C=CCc1cc2c(c3c1OC(c1cc(OC)c(OC)c(OC)c1)C3C)OCO2. The van der Waals surface area contributed by atoms with E-state index in [-0.39, 0.29) is 18.8 Å². The molecule has 148 valence electrons. The molecule has 0 saturated carbocycles. The molecule has 0 bridgehead atoms. The van der Waals surface area contributed by atoms with Crippen molar-refractivity contribution in [2.75, 3.05) is 28.1 Å². The normalized spacial score (nSPS) is 19.0. The lowest BCUT2D eigenvalue weighted by Crippen LogP contribution is -2.09. The molecule has 2 aromatic carbocycles. The van der Waals surface area contributed by atoms with Gasteiger partial charge in [-0.05, 0) is 24.6 Å². The van der Waals surface area contributed by atoms with Crippen molar-refractivity contribution in [1.29, 1.82) is 0 Å². The number of methoxy groups -OCH3 is 3. The second-order valence-corrected chi connectivity index (χ2v) is 6.79. The second-order valence-electron chi connectivity index (χ2n) is 6.79. The van der Waals surface area contributed by atoms with Crippen molar-refractivity contribution in [1.82, 2.24) is 0 Å². The smallest absolute Gasteiger partial charge is 0.231 e. The Bertz CT molecular complexity index is 895. The minimum atomic E-state index is -0.219. The molecular formula is C22H24O6. The molecule has 6 heteroatoms. The molecule has 0 aliphatic carbocycles. The van der Waals surface area contributed by atoms with E-state index in [0.29, 0.717) is 23.7 Å². The first-order valence-electron chi connectivity index (χ1n) is 9.15. The fourth-order valence-corrected chi connectivity index (χ4v) is 3.97. The Balaban J connectivity index is 1.81. The topological polar surface area (TPSA) is 55.4 Å². The molecule has 2 heterocycles. The minimum Gasteiger partial charge on any atom is -0.493 e. The van der Waals surface area contributed by atoms with Gasteiger partial charge in [0.25, 0.3) is 0 Å². The third-order valence-electron chi connectivity index (χ3n) is 5.26. The summed E-state index contributed by atoms with van der Waals surface area (Å²) in [7, 11) is 4.80. The molecule has 0 fully saturated rings. The summed E-state index contributed by atoms with van der Waals surface area (Å²) in [5.41, 5.74) is 3.01. The Morgan fingerprint density at radius 3 is 2.36 bits per heavy atom. The van der Waals surface area contributed by atoms with Gasteiger partial charge < -0.3 is 28.4 Å². The molecular weight excluding hydrogens is 360 g/mol. The van der Waals surface area contributed by atoms with Gasteiger partial charge in [-0.3, -0.25) is 0 Å². The third kappa shape index (κ3) is 2.71. The highest BCUT2D eigenvalue weighted by Crippen LogP contribution is 2.56. The maximum atomic E-state index is 6.45. The molecule has 0 spiro atoms. The van der Waals surface area contributed by atoms with E-state index in [0.717, 1.165) is 33.9 Å². The highest BCUT2D eigenvalue weighted by molar-refractivity contribution is 5.64. The number of fused-ring (bicyclic) bond motifs is 3. The third-order valence-corrected chi connectivity index (χ3v) is 5.26. The van der Waals surface area contributed by atoms with Gasteiger partial charge in [0.15, 0.2) is 23.0 Å². The Kier molecular flexibility index (Phi) is 4.71. The molecule has 0 amide bonds. The quantitative estimate of drug-likeness (QED) is 0.688. The monoisotopic (exact) mass is 384 g/mol. The molecule has 0 aromatic heterocycles. The summed E-state index contributed by atoms with van der Waals surface area (Å²) in [6.07, 6.45) is 2.33. The zero-order chi connectivity index (χ0) is 19.8. The van der Waals surface area contributed by atoms with Crippen LogP contribution in [0.1, 0.15) is 35.6 Å². The van der Waals surface area contributed by atoms with Crippen molar-refractivity contribution in [2.45, 2.75) is 25.4 Å². The molecule has 28 heavy (non-hydrogen) atoms. The average Bonchev–Trinajstić information content (AvgIpc) is 3.31. The molecule has 2 aromatic rings. The number of ether oxygens (including phenoxy) is 6. The van der Waals surface area contributed by atoms with Gasteiger partial charge in [-0.2, -0.15) is 0 Å². The van der Waals surface area contributed by atoms with Gasteiger partial charge in [0.05, 0.1) is 21.3 Å². The van der Waals surface area contributed by atoms with E-state index < -0.39 is 0 Å². The first-order chi connectivity index (χ1) is 13.6. The van der Waals surface area contributed by atoms with Crippen LogP contribution in [0.25, 0.3) is 0 Å². The second kappa shape index (κ2) is 7.19. The number of hydrogen-bond donors (Lipinski definition) is 0. The van der Waals surface area contributed by atoms with Crippen molar-refractivity contribution in [3.63, 3.8) is 0 Å². The summed E-state index contributed by atoms with van der Waals surface area (Å²) >= 11 is 0. The van der Waals surface area contributed by atoms with Gasteiger partial charge in [0.1, 0.15) is 11.9 Å². The van der Waals surface area contributed by atoms with E-state index >= 15 is 0 Å². The summed E-state index contributed by atoms with van der Waals surface area (Å²) in [5, 5.41) is 0. The predicted molar refractivity (Wildman–Crippen MR) is 104 cm³/mol. The van der Waals surface area contributed by atoms with Crippen LogP contribution in [0.2, 0.25) is 0 Å². The maximum Gasteiger partial charge on any atom is 0.231 e. The Morgan fingerprint density at radius 1 is 1.04 bits per heavy atom. The van der Waals surface area contributed by atoms with Gasteiger partial charge in [-0.25, -0.2) is 0 Å². The highest BCUT2D eigenvalue weighted by Gasteiger charge is 2.40. The van der Waals surface area contributed by atoms with Crippen molar-refractivity contribution in [2.24, 2.45) is 0 Å². The summed E-state index contributed by atoms with van der Waals surface area (Å²) in [5.74, 6) is 4.18. The molecule has 0 N–H and O–H groups in total. The van der Waals surface area contributed by atoms with Gasteiger partial charge in [0.2, 0.25) is 12.5 Å². The standard InChI is InChI=1S/C22H24O6/c1-6-7-13-8-17-22(27-11-26-17)18-12(2)19(28-20(13)18)14-9-15(23-3)21(25-5)16(10-14)24-4/h6,8-10,12,19H,1,7,11H2,2-5H3. The molecule has 0 saturated heterocycles. The lowest BCUT2D eigenvalue weighted by molar-refractivity contribution is 0.172. The average molecular weight is 384 g/mol. The molecule has 2 aliphatic heterocycles. The summed E-state index contributed by atoms with van der Waals surface area (Å²) < 4.78 is 34.3. The number of benzene rings is 2. The Hall–Kier alpha value is -3.02. The molecule has 2 unspecified atom stereocenters. The van der Waals surface area contributed by atoms with Gasteiger partial charge in [-0.1, -0.05) is 13.0 Å². The maximum absolute atomic E-state index is 6.45. The lowest BCUT2D eigenvalue weighted by atomic mass is 9.90. The zero-order valence-electron chi connectivity index (χ0n) is 16.5. The van der Waals surface area contributed by atoms with Crippen LogP contribution in [-0.2, 0) is 6.42 Å². The van der Waals surface area contributed by atoms with Crippen LogP contribution in [0.3, 0.4) is 0 Å². The lowest BCUT2D eigenvalue weighted by Gasteiger charge is -2.20. The van der Waals surface area contributed by atoms with Crippen molar-refractivity contribution in [3.05, 3.63) is 47.5 Å². The van der Waals surface area contributed by atoms with Crippen molar-refractivity contribution < 1.29 is 28.4 Å². The first kappa shape index (κ1) is 18.3. The van der Waals surface area contributed by atoms with Crippen LogP contribution in [0.4, 0.5) is 0 Å². The zero-order valence-corrected chi connectivity index (χ0v) is 16.5. The minimum absolute atomic E-state index is 0.0537. The summed E-state index contributed by atoms with van der Waals surface area (Å²) in [4.78, 5) is 0. The molecule has 2 aliphatic rings. The van der Waals surface area contributed by atoms with Gasteiger partial charge in [-0.15, -0.1) is 6.58 Å². The highest BCUT2D eigenvalue weighted by atomic mass is 16.7. The first-order valence-corrected chi connectivity index (χ1v) is 9.15. The van der Waals surface area contributed by atoms with Crippen LogP contribution in [-0.4, -0.2) is 28.1 Å². The Labute approximate surface area is 164 Å². The summed E-state index contributed by atoms with van der Waals surface area (Å²) in [6, 6.07) is 5.84. The van der Waals surface area contributed by atoms with Crippen LogP contribution in [0.5, 0.6) is 34.5 Å². The number of hydrogen-bond acceptors (Lipinski definition) is 6. The summed E-state index contributed by atoms with van der Waals surface area (Å²) in [6.45, 7) is 6.21. The van der Waals surface area contributed by atoms with Crippen molar-refractivity contribution in [3.8, 4) is 34.5 Å². The van der Waals surface area contributed by atoms with Gasteiger partial charge >= 0.3 is 0 Å². The Morgan fingerprint density at radius 2 is 1.75 bits per heavy atom. The molecule has 0 radical (unpaired) electrons. The van der Waals surface area contributed by atoms with Gasteiger partial charge in [0, 0.05) is 22.6 Å². The molecule has 4 rings (SSSR count). The number of rotatable bonds is 6. The van der Waals surface area contributed by atoms with Crippen molar-refractivity contribution >= 4 is 0 Å². The fraction of sp³-hybridized carbons (Fsp3) is 0.364. The largest absolute Gasteiger partial charge is 0.493 e. The van der Waals surface area contributed by atoms with E-state index in [1.807, 2.05) is 24.3 Å². The van der Waals surface area contributed by atoms with Crippen LogP contribution in [0.15, 0.2) is 30.9 Å². The number of allylic oxidation sites excluding steroid dienone is 1. The van der Waals surface area contributed by atoms with E-state index in [2.05, 4.69) is 13.5 Å². The van der Waals surface area contributed by atoms with E-state index in [4.69, 9.17) is 28.4 Å². The fourth-order valence-electron chi connectivity index (χ4n) is 3.97. The molecule has 2 atom stereocenters. The van der Waals surface area contributed by atoms with E-state index in [1.54, 1.807) is 21.3 Å². The van der Waals surface area contributed by atoms with E-state index in [1.165, 1.54) is 0 Å².